The maximum Gasteiger partial charge on any atom is 0.219 e. The number of carbonyl (C=O) groups excluding carboxylic acids is 1. The molecule has 2 aliphatic rings. The zero-order valence-electron chi connectivity index (χ0n) is 16.6. The minimum atomic E-state index is 0.168. The van der Waals surface area contributed by atoms with E-state index < -0.39 is 0 Å². The highest BCUT2D eigenvalue weighted by molar-refractivity contribution is 7.19. The Bertz CT molecular complexity index is 840. The number of likely N-dealkylation sites (N-methyl/N-ethyl adjacent to an activating group) is 1. The number of aryl methyl sites for hydroxylation is 1. The Morgan fingerprint density at radius 3 is 2.56 bits per heavy atom. The van der Waals surface area contributed by atoms with E-state index in [-0.39, 0.29) is 5.91 Å². The fourth-order valence-corrected chi connectivity index (χ4v) is 5.41. The predicted molar refractivity (Wildman–Crippen MR) is 111 cm³/mol. The van der Waals surface area contributed by atoms with Gasteiger partial charge in [-0.1, -0.05) is 13.8 Å². The Morgan fingerprint density at radius 1 is 1.11 bits per heavy atom. The lowest BCUT2D eigenvalue weighted by atomic mass is 10.0. The van der Waals surface area contributed by atoms with Gasteiger partial charge in [0, 0.05) is 57.5 Å². The van der Waals surface area contributed by atoms with Gasteiger partial charge in [-0.15, -0.1) is 11.3 Å². The summed E-state index contributed by atoms with van der Waals surface area (Å²) in [4.78, 5) is 31.0. The lowest BCUT2D eigenvalue weighted by Crippen LogP contribution is -2.48. The van der Waals surface area contributed by atoms with Crippen molar-refractivity contribution in [2.75, 3.05) is 44.2 Å². The first-order chi connectivity index (χ1) is 13.1. The molecular weight excluding hydrogens is 358 g/mol. The molecule has 4 rings (SSSR count). The summed E-state index contributed by atoms with van der Waals surface area (Å²) in [7, 11) is 0. The summed E-state index contributed by atoms with van der Waals surface area (Å²) in [5.74, 6) is 2.23. The molecule has 0 saturated carbocycles. The van der Waals surface area contributed by atoms with Gasteiger partial charge < -0.3 is 9.80 Å². The number of nitrogens with zero attached hydrogens (tertiary/aromatic N) is 5. The van der Waals surface area contributed by atoms with E-state index in [9.17, 15) is 4.79 Å². The molecule has 0 atom stereocenters. The van der Waals surface area contributed by atoms with Crippen LogP contribution in [-0.2, 0) is 24.2 Å². The van der Waals surface area contributed by atoms with E-state index in [4.69, 9.17) is 9.97 Å². The molecule has 0 bridgehead atoms. The number of anilines is 1. The van der Waals surface area contributed by atoms with Gasteiger partial charge in [0.1, 0.15) is 16.5 Å². The second kappa shape index (κ2) is 7.72. The molecule has 2 aromatic rings. The van der Waals surface area contributed by atoms with E-state index in [0.717, 1.165) is 81.5 Å². The number of hydrogen-bond donors (Lipinski definition) is 0. The summed E-state index contributed by atoms with van der Waals surface area (Å²) in [6, 6.07) is 0. The van der Waals surface area contributed by atoms with Gasteiger partial charge in [-0.05, 0) is 24.9 Å². The number of amides is 1. The molecule has 0 aromatic carbocycles. The third kappa shape index (κ3) is 3.55. The molecule has 1 fully saturated rings. The zero-order valence-corrected chi connectivity index (χ0v) is 17.4. The predicted octanol–water partition coefficient (Wildman–Crippen LogP) is 2.69. The molecule has 27 heavy (non-hydrogen) atoms. The molecule has 2 aliphatic heterocycles. The molecule has 7 heteroatoms. The van der Waals surface area contributed by atoms with Gasteiger partial charge in [0.15, 0.2) is 0 Å². The minimum Gasteiger partial charge on any atom is -0.352 e. The fourth-order valence-electron chi connectivity index (χ4n) is 4.14. The molecule has 1 amide bonds. The normalized spacial score (nSPS) is 18.2. The smallest absolute Gasteiger partial charge is 0.219 e. The number of aromatic nitrogens is 2. The van der Waals surface area contributed by atoms with Gasteiger partial charge in [0.25, 0.3) is 0 Å². The van der Waals surface area contributed by atoms with Crippen LogP contribution in [0.1, 0.15) is 43.5 Å². The summed E-state index contributed by atoms with van der Waals surface area (Å²) in [6.07, 6.45) is 3.05. The van der Waals surface area contributed by atoms with Crippen LogP contribution in [0.3, 0.4) is 0 Å². The van der Waals surface area contributed by atoms with Gasteiger partial charge in [-0.3, -0.25) is 9.69 Å². The van der Waals surface area contributed by atoms with Gasteiger partial charge in [-0.2, -0.15) is 0 Å². The van der Waals surface area contributed by atoms with Crippen LogP contribution in [0.15, 0.2) is 0 Å². The first-order valence-electron chi connectivity index (χ1n) is 10.1. The summed E-state index contributed by atoms with van der Waals surface area (Å²) in [5.41, 5.74) is 1.46. The Kier molecular flexibility index (Phi) is 5.32. The fraction of sp³-hybridized carbons (Fsp3) is 0.650. The summed E-state index contributed by atoms with van der Waals surface area (Å²) < 4.78 is 0. The van der Waals surface area contributed by atoms with E-state index in [1.807, 2.05) is 16.2 Å². The lowest BCUT2D eigenvalue weighted by Gasteiger charge is -2.35. The highest BCUT2D eigenvalue weighted by Gasteiger charge is 2.27. The van der Waals surface area contributed by atoms with Crippen LogP contribution in [0.5, 0.6) is 0 Å². The van der Waals surface area contributed by atoms with Gasteiger partial charge in [-0.25, -0.2) is 9.97 Å². The molecule has 0 spiro atoms. The van der Waals surface area contributed by atoms with Crippen molar-refractivity contribution in [1.29, 1.82) is 0 Å². The van der Waals surface area contributed by atoms with Crippen molar-refractivity contribution in [3.8, 4) is 0 Å². The van der Waals surface area contributed by atoms with Crippen LogP contribution in [-0.4, -0.2) is 64.9 Å². The number of piperazine rings is 1. The highest BCUT2D eigenvalue weighted by Crippen LogP contribution is 2.39. The minimum absolute atomic E-state index is 0.168. The second-order valence-corrected chi connectivity index (χ2v) is 8.59. The zero-order chi connectivity index (χ0) is 19.0. The molecule has 1 saturated heterocycles. The summed E-state index contributed by atoms with van der Waals surface area (Å²) in [5, 5.41) is 1.28. The molecule has 0 radical (unpaired) electrons. The first kappa shape index (κ1) is 18.6. The monoisotopic (exact) mass is 387 g/mol. The number of rotatable bonds is 4. The molecule has 0 N–H and O–H groups in total. The van der Waals surface area contributed by atoms with Crippen molar-refractivity contribution >= 4 is 33.3 Å². The van der Waals surface area contributed by atoms with Crippen LogP contribution in [0.2, 0.25) is 0 Å². The Labute approximate surface area is 165 Å². The van der Waals surface area contributed by atoms with Crippen molar-refractivity contribution in [2.24, 2.45) is 0 Å². The molecule has 0 unspecified atom stereocenters. The molecule has 2 aromatic heterocycles. The van der Waals surface area contributed by atoms with Crippen molar-refractivity contribution in [2.45, 2.75) is 46.6 Å². The number of thiophene rings is 1. The van der Waals surface area contributed by atoms with E-state index in [0.29, 0.717) is 0 Å². The maximum absolute atomic E-state index is 11.7. The van der Waals surface area contributed by atoms with Gasteiger partial charge in [0.2, 0.25) is 5.91 Å². The number of carbonyl (C=O) groups is 1. The molecule has 6 nitrogen and oxygen atoms in total. The van der Waals surface area contributed by atoms with Crippen LogP contribution < -0.4 is 4.90 Å². The molecule has 146 valence electrons. The SMILES string of the molecule is CCCc1nc(N2CCN(C(C)=O)CC2)c2c3c(sc2n1)CN(CC)CC3. The average Bonchev–Trinajstić information content (AvgIpc) is 3.05. The van der Waals surface area contributed by atoms with Crippen LogP contribution in [0.25, 0.3) is 10.2 Å². The van der Waals surface area contributed by atoms with Gasteiger partial charge >= 0.3 is 0 Å². The molecular formula is C20H29N5OS. The lowest BCUT2D eigenvalue weighted by molar-refractivity contribution is -0.129. The third-order valence-electron chi connectivity index (χ3n) is 5.75. The third-order valence-corrected chi connectivity index (χ3v) is 6.86. The van der Waals surface area contributed by atoms with Crippen LogP contribution in [0, 0.1) is 0 Å². The second-order valence-electron chi connectivity index (χ2n) is 7.51. The maximum atomic E-state index is 11.7. The van der Waals surface area contributed by atoms with Crippen molar-refractivity contribution in [3.63, 3.8) is 0 Å². The quantitative estimate of drug-likeness (QED) is 0.807. The largest absolute Gasteiger partial charge is 0.352 e. The number of hydrogen-bond acceptors (Lipinski definition) is 6. The highest BCUT2D eigenvalue weighted by atomic mass is 32.1. The van der Waals surface area contributed by atoms with Crippen molar-refractivity contribution in [1.82, 2.24) is 19.8 Å². The van der Waals surface area contributed by atoms with Gasteiger partial charge in [0.05, 0.1) is 5.39 Å². The van der Waals surface area contributed by atoms with Crippen molar-refractivity contribution in [3.05, 3.63) is 16.3 Å². The van der Waals surface area contributed by atoms with Crippen LogP contribution >= 0.6 is 11.3 Å². The van der Waals surface area contributed by atoms with E-state index in [1.54, 1.807) is 6.92 Å². The first-order valence-corrected chi connectivity index (χ1v) is 11.0. The standard InChI is InChI=1S/C20H29N5OS/c1-4-6-17-21-19(25-11-9-24(10-12-25)14(3)26)18-15-7-8-23(5-2)13-16(15)27-20(18)22-17/h4-13H2,1-3H3. The van der Waals surface area contributed by atoms with E-state index in [1.165, 1.54) is 15.8 Å². The Morgan fingerprint density at radius 2 is 1.89 bits per heavy atom. The molecule has 4 heterocycles. The van der Waals surface area contributed by atoms with E-state index >= 15 is 0 Å². The Balaban J connectivity index is 1.74. The number of fused-ring (bicyclic) bond motifs is 3. The molecule has 0 aliphatic carbocycles. The topological polar surface area (TPSA) is 52.6 Å². The van der Waals surface area contributed by atoms with E-state index in [2.05, 4.69) is 23.6 Å². The summed E-state index contributed by atoms with van der Waals surface area (Å²) in [6.45, 7) is 12.6. The Hall–Kier alpha value is -1.73. The summed E-state index contributed by atoms with van der Waals surface area (Å²) >= 11 is 1.86. The van der Waals surface area contributed by atoms with Crippen LogP contribution in [0.4, 0.5) is 5.82 Å². The van der Waals surface area contributed by atoms with Crippen molar-refractivity contribution < 1.29 is 4.79 Å². The average molecular weight is 388 g/mol.